The maximum absolute atomic E-state index is 3.86. The fourth-order valence-corrected chi connectivity index (χ4v) is 5.38. The minimum atomic E-state index is 0.813. The standard InChI is InChI=1S/C16H20BrN/c17-14-3-1-2-10(6-14)9-18-16-13-5-11-4-12(8-13)15(16)7-11/h1-3,6,11-13,15-16,18H,4-5,7-9H2. The van der Waals surface area contributed by atoms with Crippen LogP contribution in [0, 0.1) is 23.7 Å². The fourth-order valence-electron chi connectivity index (χ4n) is 4.94. The third-order valence-corrected chi connectivity index (χ3v) is 5.98. The minimum absolute atomic E-state index is 0.813. The molecule has 0 saturated heterocycles. The molecule has 4 aliphatic rings. The molecule has 0 aromatic heterocycles. The molecule has 1 N–H and O–H groups in total. The Balaban J connectivity index is 1.44. The summed E-state index contributed by atoms with van der Waals surface area (Å²) in [6.07, 6.45) is 6.06. The maximum atomic E-state index is 3.86. The van der Waals surface area contributed by atoms with Crippen molar-refractivity contribution >= 4 is 15.9 Å². The van der Waals surface area contributed by atoms with Crippen LogP contribution in [0.1, 0.15) is 31.2 Å². The third kappa shape index (κ3) is 1.85. The monoisotopic (exact) mass is 305 g/mol. The van der Waals surface area contributed by atoms with Crippen LogP contribution < -0.4 is 5.32 Å². The van der Waals surface area contributed by atoms with Crippen LogP contribution in [0.25, 0.3) is 0 Å². The lowest BCUT2D eigenvalue weighted by molar-refractivity contribution is 0.218. The molecule has 5 unspecified atom stereocenters. The van der Waals surface area contributed by atoms with Crippen molar-refractivity contribution in [1.29, 1.82) is 0 Å². The second-order valence-electron chi connectivity index (χ2n) is 6.53. The zero-order valence-electron chi connectivity index (χ0n) is 10.6. The van der Waals surface area contributed by atoms with E-state index in [0.717, 1.165) is 36.3 Å². The Labute approximate surface area is 117 Å². The van der Waals surface area contributed by atoms with Gasteiger partial charge >= 0.3 is 0 Å². The summed E-state index contributed by atoms with van der Waals surface area (Å²) in [5.41, 5.74) is 1.40. The van der Waals surface area contributed by atoms with Crippen molar-refractivity contribution in [3.63, 3.8) is 0 Å². The van der Waals surface area contributed by atoms with Crippen molar-refractivity contribution in [2.75, 3.05) is 0 Å². The Morgan fingerprint density at radius 1 is 1.11 bits per heavy atom. The molecule has 0 amide bonds. The third-order valence-electron chi connectivity index (χ3n) is 5.49. The highest BCUT2D eigenvalue weighted by Gasteiger charge is 2.53. The number of halogens is 1. The molecule has 4 fully saturated rings. The molecule has 96 valence electrons. The van der Waals surface area contributed by atoms with Gasteiger partial charge in [-0.1, -0.05) is 28.1 Å². The van der Waals surface area contributed by atoms with E-state index < -0.39 is 0 Å². The van der Waals surface area contributed by atoms with Crippen molar-refractivity contribution in [2.45, 2.75) is 38.3 Å². The van der Waals surface area contributed by atoms with Gasteiger partial charge in [0.25, 0.3) is 0 Å². The molecule has 18 heavy (non-hydrogen) atoms. The molecule has 4 bridgehead atoms. The van der Waals surface area contributed by atoms with Gasteiger partial charge in [0.2, 0.25) is 0 Å². The summed E-state index contributed by atoms with van der Waals surface area (Å²) >= 11 is 3.55. The Kier molecular flexibility index (Phi) is 2.77. The van der Waals surface area contributed by atoms with Crippen LogP contribution in [0.4, 0.5) is 0 Å². The van der Waals surface area contributed by atoms with Crippen molar-refractivity contribution in [3.05, 3.63) is 34.3 Å². The highest BCUT2D eigenvalue weighted by Crippen LogP contribution is 2.58. The SMILES string of the molecule is Brc1cccc(CNC2C3CC4CC(C3)C2C4)c1. The van der Waals surface area contributed by atoms with Crippen LogP contribution in [0.2, 0.25) is 0 Å². The zero-order valence-corrected chi connectivity index (χ0v) is 12.2. The van der Waals surface area contributed by atoms with Crippen LogP contribution in [0.5, 0.6) is 0 Å². The smallest absolute Gasteiger partial charge is 0.0208 e. The molecule has 1 nitrogen and oxygen atoms in total. The van der Waals surface area contributed by atoms with Crippen LogP contribution in [0.15, 0.2) is 28.7 Å². The summed E-state index contributed by atoms with van der Waals surface area (Å²) in [7, 11) is 0. The van der Waals surface area contributed by atoms with Gasteiger partial charge < -0.3 is 5.32 Å². The largest absolute Gasteiger partial charge is 0.309 e. The lowest BCUT2D eigenvalue weighted by Crippen LogP contribution is -2.40. The van der Waals surface area contributed by atoms with Gasteiger partial charge in [-0.2, -0.15) is 0 Å². The molecule has 5 rings (SSSR count). The van der Waals surface area contributed by atoms with Crippen molar-refractivity contribution in [3.8, 4) is 0 Å². The van der Waals surface area contributed by atoms with Gasteiger partial charge in [0.05, 0.1) is 0 Å². The molecule has 5 atom stereocenters. The van der Waals surface area contributed by atoms with Crippen LogP contribution >= 0.6 is 15.9 Å². The van der Waals surface area contributed by atoms with Crippen molar-refractivity contribution in [2.24, 2.45) is 23.7 Å². The number of rotatable bonds is 3. The molecule has 1 aromatic rings. The van der Waals surface area contributed by atoms with E-state index in [9.17, 15) is 0 Å². The second kappa shape index (κ2) is 4.35. The maximum Gasteiger partial charge on any atom is 0.0208 e. The first kappa shape index (κ1) is 11.5. The molecular weight excluding hydrogens is 286 g/mol. The van der Waals surface area contributed by atoms with Crippen molar-refractivity contribution in [1.82, 2.24) is 5.32 Å². The summed E-state index contributed by atoms with van der Waals surface area (Å²) in [5, 5.41) is 3.86. The Bertz CT molecular complexity index is 454. The second-order valence-corrected chi connectivity index (χ2v) is 7.45. The fraction of sp³-hybridized carbons (Fsp3) is 0.625. The van der Waals surface area contributed by atoms with Crippen LogP contribution in [0.3, 0.4) is 0 Å². The van der Waals surface area contributed by atoms with Crippen molar-refractivity contribution < 1.29 is 0 Å². The number of hydrogen-bond acceptors (Lipinski definition) is 1. The van der Waals surface area contributed by atoms with E-state index in [0.29, 0.717) is 0 Å². The van der Waals surface area contributed by atoms with E-state index in [-0.39, 0.29) is 0 Å². The summed E-state index contributed by atoms with van der Waals surface area (Å²) < 4.78 is 1.19. The van der Waals surface area contributed by atoms with Gasteiger partial charge in [-0.05, 0) is 67.1 Å². The van der Waals surface area contributed by atoms with E-state index in [1.165, 1.54) is 35.7 Å². The molecule has 4 saturated carbocycles. The first-order valence-corrected chi connectivity index (χ1v) is 8.07. The number of nitrogens with one attached hydrogen (secondary N) is 1. The Morgan fingerprint density at radius 2 is 2.00 bits per heavy atom. The predicted octanol–water partition coefficient (Wildman–Crippen LogP) is 3.97. The molecule has 0 aliphatic heterocycles. The summed E-state index contributed by atoms with van der Waals surface area (Å²) in [4.78, 5) is 0. The van der Waals surface area contributed by atoms with Gasteiger partial charge in [-0.3, -0.25) is 0 Å². The molecule has 0 radical (unpaired) electrons. The topological polar surface area (TPSA) is 12.0 Å². The van der Waals surface area contributed by atoms with Gasteiger partial charge in [0.1, 0.15) is 0 Å². The van der Waals surface area contributed by atoms with Gasteiger partial charge in [-0.15, -0.1) is 0 Å². The van der Waals surface area contributed by atoms with E-state index in [4.69, 9.17) is 0 Å². The molecule has 0 heterocycles. The van der Waals surface area contributed by atoms with Crippen LogP contribution in [-0.2, 0) is 6.54 Å². The average Bonchev–Trinajstić information content (AvgIpc) is 2.76. The lowest BCUT2D eigenvalue weighted by Gasteiger charge is -2.33. The Hall–Kier alpha value is -0.340. The van der Waals surface area contributed by atoms with Gasteiger partial charge in [0.15, 0.2) is 0 Å². The molecule has 2 heteroatoms. The summed E-state index contributed by atoms with van der Waals surface area (Å²) in [6.45, 7) is 1.04. The number of benzene rings is 1. The molecule has 4 aliphatic carbocycles. The quantitative estimate of drug-likeness (QED) is 0.891. The Morgan fingerprint density at radius 3 is 2.83 bits per heavy atom. The van der Waals surface area contributed by atoms with E-state index in [1.807, 2.05) is 0 Å². The minimum Gasteiger partial charge on any atom is -0.309 e. The summed E-state index contributed by atoms with van der Waals surface area (Å²) in [5.74, 6) is 4.14. The highest BCUT2D eigenvalue weighted by atomic mass is 79.9. The lowest BCUT2D eigenvalue weighted by atomic mass is 9.79. The van der Waals surface area contributed by atoms with Gasteiger partial charge in [-0.25, -0.2) is 0 Å². The molecule has 1 aromatic carbocycles. The van der Waals surface area contributed by atoms with Gasteiger partial charge in [0, 0.05) is 17.1 Å². The zero-order chi connectivity index (χ0) is 12.1. The average molecular weight is 306 g/mol. The predicted molar refractivity (Wildman–Crippen MR) is 77.2 cm³/mol. The molecular formula is C16H20BrN. The first-order valence-electron chi connectivity index (χ1n) is 7.27. The highest BCUT2D eigenvalue weighted by molar-refractivity contribution is 9.10. The molecule has 0 spiro atoms. The van der Waals surface area contributed by atoms with E-state index >= 15 is 0 Å². The van der Waals surface area contributed by atoms with Crippen LogP contribution in [-0.4, -0.2) is 6.04 Å². The van der Waals surface area contributed by atoms with E-state index in [2.05, 4.69) is 45.5 Å². The summed E-state index contributed by atoms with van der Waals surface area (Å²) in [6, 6.07) is 9.50. The number of hydrogen-bond donors (Lipinski definition) is 1. The van der Waals surface area contributed by atoms with E-state index in [1.54, 1.807) is 0 Å². The first-order chi connectivity index (χ1) is 8.79. The normalized spacial score (nSPS) is 40.6.